The van der Waals surface area contributed by atoms with Crippen LogP contribution >= 0.6 is 0 Å². The van der Waals surface area contributed by atoms with Gasteiger partial charge in [0.1, 0.15) is 34.9 Å². The van der Waals surface area contributed by atoms with Gasteiger partial charge < -0.3 is 29.9 Å². The van der Waals surface area contributed by atoms with Crippen molar-refractivity contribution in [1.82, 2.24) is 94.7 Å². The molecule has 0 saturated heterocycles. The molecule has 0 unspecified atom stereocenters. The summed E-state index contributed by atoms with van der Waals surface area (Å²) >= 11 is 0. The van der Waals surface area contributed by atoms with Gasteiger partial charge in [-0.15, -0.1) is 0 Å². The van der Waals surface area contributed by atoms with Crippen molar-refractivity contribution in [2.45, 2.75) is 128 Å². The summed E-state index contributed by atoms with van der Waals surface area (Å²) in [6, 6.07) is 14.2. The largest absolute Gasteiger partial charge is 0.342 e. The second kappa shape index (κ2) is 27.2. The molecular weight excluding hydrogens is 903 g/mol. The smallest absolute Gasteiger partial charge is 0.197 e. The van der Waals surface area contributed by atoms with Crippen LogP contribution < -0.4 is 0 Å². The molecule has 11 aromatic heterocycles. The Morgan fingerprint density at radius 2 is 0.736 bits per heavy atom. The molecule has 0 amide bonds. The summed E-state index contributed by atoms with van der Waals surface area (Å²) in [6.07, 6.45) is 7.05. The highest BCUT2D eigenvalue weighted by Gasteiger charge is 2.03. The average molecular weight is 980 g/mol. The summed E-state index contributed by atoms with van der Waals surface area (Å²) in [7, 11) is 0. The van der Waals surface area contributed by atoms with Crippen LogP contribution in [0.15, 0.2) is 67.3 Å². The molecular formula is C53H77N19. The number of imidazole rings is 6. The molecule has 0 radical (unpaired) electrons. The number of aromatic amines is 6. The number of nitrogens with one attached hydrogen (secondary N) is 6. The van der Waals surface area contributed by atoms with Crippen LogP contribution in [0.4, 0.5) is 0 Å². The number of H-pyrrole nitrogens is 6. The van der Waals surface area contributed by atoms with Crippen molar-refractivity contribution >= 4 is 67.0 Å². The van der Waals surface area contributed by atoms with Crippen molar-refractivity contribution in [3.63, 3.8) is 0 Å². The van der Waals surface area contributed by atoms with E-state index in [0.29, 0.717) is 11.3 Å². The lowest BCUT2D eigenvalue weighted by Crippen LogP contribution is -1.84. The van der Waals surface area contributed by atoms with E-state index in [0.717, 1.165) is 119 Å². The Morgan fingerprint density at radius 1 is 0.278 bits per heavy atom. The molecule has 12 rings (SSSR count). The molecule has 0 saturated carbocycles. The number of aromatic nitrogens is 19. The Kier molecular flexibility index (Phi) is 23.3. The molecule has 1 aromatic carbocycles. The number of aryl methyl sites for hydroxylation is 12. The van der Waals surface area contributed by atoms with Crippen molar-refractivity contribution in [3.8, 4) is 0 Å². The zero-order chi connectivity index (χ0) is 47.1. The molecule has 0 aliphatic carbocycles. The molecule has 12 aromatic rings. The molecule has 0 bridgehead atoms. The van der Waals surface area contributed by atoms with Gasteiger partial charge in [0.05, 0.1) is 63.1 Å². The summed E-state index contributed by atoms with van der Waals surface area (Å²) in [5.74, 6) is 5.45. The molecule has 11 heterocycles. The van der Waals surface area contributed by atoms with Gasteiger partial charge in [0.25, 0.3) is 0 Å². The standard InChI is InChI=1S/C9H10N2.3C8H9N3.2C7H8N4.6CH4/c1-6-3-4-8-9(5-6)11-7(2)10-8;1-5-3-7-8(4-9-5)11-6(2)10-7;1-5-3-7-8(9-4-5)11-6(2)10-7;1-5-3-4-7-8(9-5)11-6(2)10-7;2*1-4-3-8-6-7(9-4)11-5(2)10-6;;;;;;/h3-5H,1-2H3,(H,10,11);3-4H,1-2H3,(H,10,11);2*3-4H,1-2H3,(H,9,10,11);2*3H,1-2H3,(H,8,9,10,11);6*1H4. The number of nitrogens with zero attached hydrogens (tertiary/aromatic N) is 13. The van der Waals surface area contributed by atoms with Gasteiger partial charge in [-0.3, -0.25) is 4.98 Å². The number of fused-ring (bicyclic) bond motifs is 6. The van der Waals surface area contributed by atoms with E-state index in [-0.39, 0.29) is 44.6 Å². The van der Waals surface area contributed by atoms with Gasteiger partial charge in [-0.1, -0.05) is 50.6 Å². The maximum Gasteiger partial charge on any atom is 0.197 e. The van der Waals surface area contributed by atoms with Crippen molar-refractivity contribution in [1.29, 1.82) is 0 Å². The zero-order valence-corrected chi connectivity index (χ0v) is 39.2. The summed E-state index contributed by atoms with van der Waals surface area (Å²) in [5.41, 5.74) is 17.0. The van der Waals surface area contributed by atoms with Crippen molar-refractivity contribution < 1.29 is 0 Å². The number of rotatable bonds is 0. The van der Waals surface area contributed by atoms with Gasteiger partial charge >= 0.3 is 0 Å². The predicted molar refractivity (Wildman–Crippen MR) is 298 cm³/mol. The van der Waals surface area contributed by atoms with Gasteiger partial charge in [0.15, 0.2) is 33.9 Å². The fourth-order valence-corrected chi connectivity index (χ4v) is 6.61. The Hall–Kier alpha value is -8.35. The fourth-order valence-electron chi connectivity index (χ4n) is 6.61. The number of pyridine rings is 3. The lowest BCUT2D eigenvalue weighted by atomic mass is 10.2. The SMILES string of the molecule is C.C.C.C.C.C.Cc1cc2nc(C)[nH]c2cn1.Cc1ccc2[nH]c(C)nc2n1.Cc1ccc2nc(C)[nH]c2c1.Cc1cnc2nc(C)[nH]c2c1.Cc1cnc2nc(C)[nH]c2n1.Cc1cnc2nc(C)[nH]c2n1. The average Bonchev–Trinajstić information content (AvgIpc) is 4.11. The van der Waals surface area contributed by atoms with Crippen LogP contribution in [-0.4, -0.2) is 94.7 Å². The molecule has 0 atom stereocenters. The summed E-state index contributed by atoms with van der Waals surface area (Å²) in [5, 5.41) is 0. The monoisotopic (exact) mass is 980 g/mol. The second-order valence-electron chi connectivity index (χ2n) is 15.9. The highest BCUT2D eigenvalue weighted by atomic mass is 15.1. The van der Waals surface area contributed by atoms with E-state index in [9.17, 15) is 0 Å². The van der Waals surface area contributed by atoms with Gasteiger partial charge in [-0.25, -0.2) is 59.8 Å². The van der Waals surface area contributed by atoms with Gasteiger partial charge in [-0.05, 0) is 131 Å². The van der Waals surface area contributed by atoms with Gasteiger partial charge in [-0.2, -0.15) is 0 Å². The summed E-state index contributed by atoms with van der Waals surface area (Å²) in [6.45, 7) is 23.4. The minimum absolute atomic E-state index is 0. The highest BCUT2D eigenvalue weighted by molar-refractivity contribution is 5.76. The number of hydrogen-bond acceptors (Lipinski definition) is 13. The van der Waals surface area contributed by atoms with Crippen molar-refractivity contribution in [2.75, 3.05) is 0 Å². The maximum atomic E-state index is 4.30. The van der Waals surface area contributed by atoms with Crippen LogP contribution in [0.25, 0.3) is 67.0 Å². The fraction of sp³-hybridized carbons (Fsp3) is 0.340. The Morgan fingerprint density at radius 3 is 1.33 bits per heavy atom. The van der Waals surface area contributed by atoms with E-state index in [1.54, 1.807) is 12.4 Å². The Balaban J connectivity index is 0.000000425. The van der Waals surface area contributed by atoms with E-state index in [1.165, 1.54) is 5.56 Å². The topological polar surface area (TPSA) is 262 Å². The first-order chi connectivity index (χ1) is 31.5. The normalized spacial score (nSPS) is 9.83. The van der Waals surface area contributed by atoms with E-state index >= 15 is 0 Å². The second-order valence-corrected chi connectivity index (χ2v) is 15.9. The molecule has 384 valence electrons. The minimum Gasteiger partial charge on any atom is -0.342 e. The minimum atomic E-state index is 0. The highest BCUT2D eigenvalue weighted by Crippen LogP contribution is 2.14. The van der Waals surface area contributed by atoms with Gasteiger partial charge in [0.2, 0.25) is 0 Å². The third kappa shape index (κ3) is 16.4. The molecule has 19 heteroatoms. The van der Waals surface area contributed by atoms with Crippen molar-refractivity contribution in [2.24, 2.45) is 0 Å². The molecule has 0 fully saturated rings. The Bertz CT molecular complexity index is 2940. The van der Waals surface area contributed by atoms with E-state index in [2.05, 4.69) is 114 Å². The number of benzene rings is 1. The first kappa shape index (κ1) is 61.7. The van der Waals surface area contributed by atoms with E-state index in [4.69, 9.17) is 0 Å². The predicted octanol–water partition coefficient (Wildman–Crippen LogP) is 12.7. The van der Waals surface area contributed by atoms with Gasteiger partial charge in [0, 0.05) is 17.6 Å². The van der Waals surface area contributed by atoms with Crippen LogP contribution in [0.5, 0.6) is 0 Å². The molecule has 0 spiro atoms. The molecule has 0 aliphatic rings. The number of hydrogen-bond donors (Lipinski definition) is 6. The van der Waals surface area contributed by atoms with E-state index < -0.39 is 0 Å². The first-order valence-corrected chi connectivity index (χ1v) is 21.2. The third-order valence-electron chi connectivity index (χ3n) is 9.47. The molecule has 72 heavy (non-hydrogen) atoms. The molecule has 19 nitrogen and oxygen atoms in total. The van der Waals surface area contributed by atoms with Crippen LogP contribution in [0.1, 0.15) is 113 Å². The van der Waals surface area contributed by atoms with Crippen molar-refractivity contribution in [3.05, 3.63) is 136 Å². The lowest BCUT2D eigenvalue weighted by molar-refractivity contribution is 1.15. The first-order valence-electron chi connectivity index (χ1n) is 21.2. The van der Waals surface area contributed by atoms with Crippen LogP contribution in [-0.2, 0) is 0 Å². The van der Waals surface area contributed by atoms with E-state index in [1.807, 2.05) is 119 Å². The maximum absolute atomic E-state index is 4.30. The summed E-state index contributed by atoms with van der Waals surface area (Å²) in [4.78, 5) is 73.0. The quantitative estimate of drug-likeness (QED) is 0.0827. The van der Waals surface area contributed by atoms with Crippen LogP contribution in [0.2, 0.25) is 0 Å². The van der Waals surface area contributed by atoms with Crippen LogP contribution in [0, 0.1) is 83.1 Å². The summed E-state index contributed by atoms with van der Waals surface area (Å²) < 4.78 is 0. The lowest BCUT2D eigenvalue weighted by Gasteiger charge is -1.89. The third-order valence-corrected chi connectivity index (χ3v) is 9.47. The zero-order valence-electron chi connectivity index (χ0n) is 39.2. The molecule has 6 N–H and O–H groups in total. The Labute approximate surface area is 424 Å². The molecule has 0 aliphatic heterocycles. The van der Waals surface area contributed by atoms with Crippen LogP contribution in [0.3, 0.4) is 0 Å².